The molecule has 5 rings (SSSR count). The van der Waals surface area contributed by atoms with Gasteiger partial charge in [-0.15, -0.1) is 0 Å². The minimum Gasteiger partial charge on any atom is -0.368 e. The molecule has 4 aliphatic rings. The van der Waals surface area contributed by atoms with Crippen molar-refractivity contribution in [1.82, 2.24) is 9.80 Å². The summed E-state index contributed by atoms with van der Waals surface area (Å²) in [7, 11) is 3.10. The van der Waals surface area contributed by atoms with Crippen LogP contribution >= 0.6 is 11.8 Å². The monoisotopic (exact) mass is 467 g/mol. The molecule has 0 radical (unpaired) electrons. The maximum Gasteiger partial charge on any atom is 0.445 e. The number of nitrogens with zero attached hydrogens (tertiary/aromatic N) is 6. The average molecular weight is 468 g/mol. The highest BCUT2D eigenvalue weighted by molar-refractivity contribution is 8.14. The van der Waals surface area contributed by atoms with Crippen LogP contribution in [0.5, 0.6) is 0 Å². The number of benzene rings is 1. The van der Waals surface area contributed by atoms with Gasteiger partial charge in [-0.3, -0.25) is 9.59 Å². The van der Waals surface area contributed by atoms with Crippen molar-refractivity contribution in [2.24, 2.45) is 21.8 Å². The molecule has 4 amide bonds. The Morgan fingerprint density at radius 3 is 2.45 bits per heavy atom. The lowest BCUT2D eigenvalue weighted by atomic mass is 10.0. The van der Waals surface area contributed by atoms with E-state index >= 15 is 0 Å². The van der Waals surface area contributed by atoms with Gasteiger partial charge in [-0.25, -0.2) is 9.79 Å². The Morgan fingerprint density at radius 1 is 1.09 bits per heavy atom. The molecule has 1 aromatic carbocycles. The van der Waals surface area contributed by atoms with Crippen LogP contribution in [-0.4, -0.2) is 95.0 Å². The van der Waals surface area contributed by atoms with Crippen LogP contribution in [0.15, 0.2) is 40.3 Å². The van der Waals surface area contributed by atoms with Crippen LogP contribution in [0.1, 0.15) is 12.8 Å². The molecule has 2 fully saturated rings. The third-order valence-electron chi connectivity index (χ3n) is 6.49. The van der Waals surface area contributed by atoms with Crippen molar-refractivity contribution in [1.29, 1.82) is 0 Å². The fraction of sp³-hybridized carbons (Fsp3) is 0.478. The lowest BCUT2D eigenvalue weighted by Crippen LogP contribution is -2.55. The SMILES string of the molecule is CN1C(=O)C2C(SCC(=O)N3CCN(c4ccccc4)CC3)=NC(C3CC3)=NC2=[N+](C)C1=O. The van der Waals surface area contributed by atoms with E-state index in [1.165, 1.54) is 29.1 Å². The van der Waals surface area contributed by atoms with Crippen LogP contribution in [0.3, 0.4) is 0 Å². The smallest absolute Gasteiger partial charge is 0.368 e. The summed E-state index contributed by atoms with van der Waals surface area (Å²) in [6, 6.07) is 9.81. The number of amides is 4. The highest BCUT2D eigenvalue weighted by Crippen LogP contribution is 2.35. The van der Waals surface area contributed by atoms with Crippen LogP contribution in [0.25, 0.3) is 0 Å². The van der Waals surface area contributed by atoms with E-state index in [1.54, 1.807) is 7.05 Å². The van der Waals surface area contributed by atoms with Gasteiger partial charge in [0.25, 0.3) is 5.84 Å². The first-order valence-corrected chi connectivity index (χ1v) is 12.2. The van der Waals surface area contributed by atoms with E-state index in [-0.39, 0.29) is 23.5 Å². The highest BCUT2D eigenvalue weighted by atomic mass is 32.2. The van der Waals surface area contributed by atoms with Crippen LogP contribution in [-0.2, 0) is 9.59 Å². The van der Waals surface area contributed by atoms with Gasteiger partial charge in [-0.05, 0) is 25.0 Å². The van der Waals surface area contributed by atoms with Gasteiger partial charge in [0.15, 0.2) is 5.92 Å². The van der Waals surface area contributed by atoms with Gasteiger partial charge in [0.05, 0.1) is 19.8 Å². The van der Waals surface area contributed by atoms with Crippen LogP contribution < -0.4 is 4.90 Å². The molecule has 9 nitrogen and oxygen atoms in total. The van der Waals surface area contributed by atoms with Crippen molar-refractivity contribution in [3.05, 3.63) is 30.3 Å². The number of imide groups is 1. The van der Waals surface area contributed by atoms with E-state index in [1.807, 2.05) is 23.1 Å². The van der Waals surface area contributed by atoms with Crippen LogP contribution in [0.4, 0.5) is 10.5 Å². The fourth-order valence-corrected chi connectivity index (χ4v) is 5.29. The summed E-state index contributed by atoms with van der Waals surface area (Å²) in [5.41, 5.74) is 1.17. The van der Waals surface area contributed by atoms with Gasteiger partial charge in [0, 0.05) is 37.8 Å². The Morgan fingerprint density at radius 2 is 1.79 bits per heavy atom. The number of hydrogen-bond acceptors (Lipinski definition) is 7. The molecule has 0 bridgehead atoms. The van der Waals surface area contributed by atoms with Gasteiger partial charge in [0.2, 0.25) is 11.7 Å². The quantitative estimate of drug-likeness (QED) is 0.627. The van der Waals surface area contributed by atoms with Gasteiger partial charge >= 0.3 is 11.9 Å². The van der Waals surface area contributed by atoms with Gasteiger partial charge < -0.3 is 9.80 Å². The molecule has 1 aliphatic carbocycles. The molecule has 1 saturated heterocycles. The first-order chi connectivity index (χ1) is 15.9. The Labute approximate surface area is 196 Å². The number of aliphatic imine (C=N–C) groups is 2. The van der Waals surface area contributed by atoms with Gasteiger partial charge in [-0.2, -0.15) is 9.48 Å². The van der Waals surface area contributed by atoms with Crippen LogP contribution in [0, 0.1) is 11.8 Å². The topological polar surface area (TPSA) is 88.7 Å². The van der Waals surface area contributed by atoms with E-state index in [2.05, 4.69) is 27.0 Å². The second-order valence-electron chi connectivity index (χ2n) is 8.72. The van der Waals surface area contributed by atoms with Crippen molar-refractivity contribution >= 4 is 52.0 Å². The summed E-state index contributed by atoms with van der Waals surface area (Å²) in [6.45, 7) is 2.90. The fourth-order valence-electron chi connectivity index (χ4n) is 4.31. The van der Waals surface area contributed by atoms with Gasteiger partial charge in [-0.1, -0.05) is 35.0 Å². The Hall–Kier alpha value is -3.01. The van der Waals surface area contributed by atoms with Crippen molar-refractivity contribution < 1.29 is 19.0 Å². The van der Waals surface area contributed by atoms with E-state index in [4.69, 9.17) is 0 Å². The van der Waals surface area contributed by atoms with Crippen molar-refractivity contribution in [2.45, 2.75) is 12.8 Å². The maximum atomic E-state index is 13.0. The van der Waals surface area contributed by atoms with E-state index < -0.39 is 11.9 Å². The minimum absolute atomic E-state index is 0.0356. The number of para-hydroxylation sites is 1. The van der Waals surface area contributed by atoms with Crippen molar-refractivity contribution in [3.63, 3.8) is 0 Å². The zero-order valence-corrected chi connectivity index (χ0v) is 19.6. The predicted octanol–water partition coefficient (Wildman–Crippen LogP) is 1.54. The second kappa shape index (κ2) is 8.74. The third kappa shape index (κ3) is 4.19. The van der Waals surface area contributed by atoms with E-state index in [0.717, 1.165) is 30.8 Å². The molecule has 3 aliphatic heterocycles. The van der Waals surface area contributed by atoms with E-state index in [0.29, 0.717) is 29.8 Å². The molecule has 172 valence electrons. The molecule has 0 spiro atoms. The average Bonchev–Trinajstić information content (AvgIpc) is 3.70. The molecular weight excluding hydrogens is 440 g/mol. The zero-order chi connectivity index (χ0) is 23.1. The Kier molecular flexibility index (Phi) is 5.77. The normalized spacial score (nSPS) is 23.5. The molecule has 33 heavy (non-hydrogen) atoms. The summed E-state index contributed by atoms with van der Waals surface area (Å²) in [6.07, 6.45) is 2.02. The number of carbonyl (C=O) groups is 3. The molecule has 1 aromatic rings. The molecule has 10 heteroatoms. The number of rotatable bonds is 4. The summed E-state index contributed by atoms with van der Waals surface area (Å²) < 4.78 is 1.42. The first-order valence-electron chi connectivity index (χ1n) is 11.2. The molecule has 0 N–H and O–H groups in total. The molecule has 1 unspecified atom stereocenters. The van der Waals surface area contributed by atoms with E-state index in [9.17, 15) is 14.4 Å². The van der Waals surface area contributed by atoms with Crippen molar-refractivity contribution in [2.75, 3.05) is 50.9 Å². The number of hydrogen-bond donors (Lipinski definition) is 0. The largest absolute Gasteiger partial charge is 0.445 e. The lowest BCUT2D eigenvalue weighted by molar-refractivity contribution is -0.407. The Bertz CT molecular complexity index is 1090. The summed E-state index contributed by atoms with van der Waals surface area (Å²) in [4.78, 5) is 52.8. The minimum atomic E-state index is -0.729. The lowest BCUT2D eigenvalue weighted by Gasteiger charge is -2.36. The molecule has 3 heterocycles. The number of urea groups is 1. The molecule has 1 atom stereocenters. The summed E-state index contributed by atoms with van der Waals surface area (Å²) in [5.74, 6) is 0.536. The number of fused-ring (bicyclic) bond motifs is 1. The standard InChI is InChI=1S/C23H27N6O3S/c1-26-20-18(22(31)27(2)23(26)32)21(25-19(24-20)15-8-9-15)33-14-17(30)29-12-10-28(11-13-29)16-6-4-3-5-7-16/h3-7,15,18H,8-14H2,1-2H3/q+1. The number of anilines is 1. The number of carbonyl (C=O) groups excluding carboxylic acids is 3. The van der Waals surface area contributed by atoms with Crippen molar-refractivity contribution in [3.8, 4) is 0 Å². The summed E-state index contributed by atoms with van der Waals surface area (Å²) >= 11 is 1.30. The summed E-state index contributed by atoms with van der Waals surface area (Å²) in [5, 5.41) is 0.564. The number of thioether (sulfide) groups is 1. The Balaban J connectivity index is 1.27. The third-order valence-corrected chi connectivity index (χ3v) is 7.51. The predicted molar refractivity (Wildman–Crippen MR) is 128 cm³/mol. The number of amidine groups is 2. The molecule has 0 aromatic heterocycles. The maximum absolute atomic E-state index is 13.0. The molecule has 1 saturated carbocycles. The first kappa shape index (κ1) is 21.8. The molecular formula is C23H27N6O3S+. The van der Waals surface area contributed by atoms with Crippen LogP contribution in [0.2, 0.25) is 0 Å². The van der Waals surface area contributed by atoms with Gasteiger partial charge in [0.1, 0.15) is 5.04 Å². The second-order valence-corrected chi connectivity index (χ2v) is 9.71. The number of piperazine rings is 1. The zero-order valence-electron chi connectivity index (χ0n) is 18.8. The highest BCUT2D eigenvalue weighted by Gasteiger charge is 2.50.